The van der Waals surface area contributed by atoms with Gasteiger partial charge in [0.25, 0.3) is 0 Å². The van der Waals surface area contributed by atoms with Gasteiger partial charge in [-0.05, 0) is 47.8 Å². The van der Waals surface area contributed by atoms with Gasteiger partial charge in [0.15, 0.2) is 16.9 Å². The summed E-state index contributed by atoms with van der Waals surface area (Å²) in [7, 11) is -2.89. The van der Waals surface area contributed by atoms with Crippen LogP contribution in [-0.4, -0.2) is 40.5 Å². The molecule has 7 nitrogen and oxygen atoms in total. The first-order chi connectivity index (χ1) is 12.6. The van der Waals surface area contributed by atoms with Crippen LogP contribution in [-0.2, 0) is 14.9 Å². The van der Waals surface area contributed by atoms with Crippen LogP contribution in [0.3, 0.4) is 0 Å². The summed E-state index contributed by atoms with van der Waals surface area (Å²) in [4.78, 5) is 23.5. The SMILES string of the molecule is C[C@@H]1C[C@H](N[SH](=O)(C=O)C2CC2)C[C@@H]1c1cnc2cnc3[nH]ccc3n12. The Morgan fingerprint density at radius 2 is 2.15 bits per heavy atom. The minimum Gasteiger partial charge on any atom is -0.345 e. The molecule has 2 aliphatic carbocycles. The van der Waals surface area contributed by atoms with E-state index in [1.165, 1.54) is 0 Å². The molecule has 3 aromatic rings. The van der Waals surface area contributed by atoms with Crippen LogP contribution in [0.1, 0.15) is 44.2 Å². The molecule has 8 heteroatoms. The molecule has 0 bridgehead atoms. The topological polar surface area (TPSA) is 92.2 Å². The number of H-pyrrole nitrogens is 1. The number of thiol groups is 1. The van der Waals surface area contributed by atoms with E-state index >= 15 is 0 Å². The van der Waals surface area contributed by atoms with Crippen molar-refractivity contribution in [1.29, 1.82) is 0 Å². The fourth-order valence-electron chi connectivity index (χ4n) is 4.48. The van der Waals surface area contributed by atoms with Crippen molar-refractivity contribution in [3.63, 3.8) is 0 Å². The highest BCUT2D eigenvalue weighted by Gasteiger charge is 2.41. The maximum atomic E-state index is 12.8. The minimum absolute atomic E-state index is 0.0655. The fourth-order valence-corrected chi connectivity index (χ4v) is 6.63. The van der Waals surface area contributed by atoms with E-state index in [1.807, 2.05) is 18.5 Å². The molecule has 0 amide bonds. The third kappa shape index (κ3) is 2.43. The van der Waals surface area contributed by atoms with Crippen LogP contribution in [0, 0.1) is 5.92 Å². The summed E-state index contributed by atoms with van der Waals surface area (Å²) >= 11 is 0. The van der Waals surface area contributed by atoms with E-state index in [2.05, 4.69) is 31.0 Å². The zero-order valence-electron chi connectivity index (χ0n) is 14.6. The fraction of sp³-hybridized carbons (Fsp3) is 0.500. The van der Waals surface area contributed by atoms with Crippen molar-refractivity contribution < 1.29 is 9.00 Å². The van der Waals surface area contributed by atoms with Crippen molar-refractivity contribution in [3.8, 4) is 0 Å². The Labute approximate surface area is 152 Å². The second-order valence-electron chi connectivity index (χ2n) is 7.77. The van der Waals surface area contributed by atoms with Crippen LogP contribution in [0.15, 0.2) is 24.7 Å². The van der Waals surface area contributed by atoms with Crippen molar-refractivity contribution in [2.75, 3.05) is 0 Å². The van der Waals surface area contributed by atoms with Gasteiger partial charge in [-0.15, -0.1) is 0 Å². The van der Waals surface area contributed by atoms with Crippen LogP contribution < -0.4 is 4.72 Å². The lowest BCUT2D eigenvalue weighted by molar-refractivity contribution is 0.518. The van der Waals surface area contributed by atoms with Gasteiger partial charge in [-0.3, -0.25) is 18.1 Å². The van der Waals surface area contributed by atoms with Crippen LogP contribution in [0.25, 0.3) is 16.8 Å². The minimum atomic E-state index is -2.89. The van der Waals surface area contributed by atoms with Crippen LogP contribution in [0.5, 0.6) is 0 Å². The summed E-state index contributed by atoms with van der Waals surface area (Å²) in [5, 5.41) is 0.0655. The zero-order chi connectivity index (χ0) is 17.9. The average Bonchev–Trinajstić information content (AvgIpc) is 3.09. The van der Waals surface area contributed by atoms with Crippen LogP contribution >= 0.6 is 0 Å². The van der Waals surface area contributed by atoms with Crippen molar-refractivity contribution in [2.45, 2.75) is 49.8 Å². The van der Waals surface area contributed by atoms with E-state index in [1.54, 1.807) is 6.20 Å². The molecule has 26 heavy (non-hydrogen) atoms. The molecule has 0 aromatic carbocycles. The standard InChI is InChI=1S/C18H23N5O2S/c1-11-6-12(22-26(25,10-24)13-2-3-13)7-14(11)16-8-20-17-9-21-18-15(23(16)17)4-5-19-18/h4-5,8-14,19,26H,2-3,6-7H2,1H3,(H,22,25)/t11-,12+,14+/m1/s1. The van der Waals surface area contributed by atoms with E-state index in [-0.39, 0.29) is 11.3 Å². The Bertz CT molecular complexity index is 1040. The van der Waals surface area contributed by atoms with Gasteiger partial charge in [0, 0.05) is 35.3 Å². The third-order valence-electron chi connectivity index (χ3n) is 5.96. The zero-order valence-corrected chi connectivity index (χ0v) is 15.5. The van der Waals surface area contributed by atoms with Crippen molar-refractivity contribution in [3.05, 3.63) is 30.4 Å². The maximum Gasteiger partial charge on any atom is 0.195 e. The molecule has 5 rings (SSSR count). The molecular formula is C18H23N5O2S. The quantitative estimate of drug-likeness (QED) is 0.471. The second kappa shape index (κ2) is 5.72. The van der Waals surface area contributed by atoms with Crippen molar-refractivity contribution in [1.82, 2.24) is 24.1 Å². The van der Waals surface area contributed by atoms with E-state index in [0.29, 0.717) is 17.5 Å². The highest BCUT2D eigenvalue weighted by molar-refractivity contribution is 8.14. The number of rotatable bonds is 5. The first-order valence-corrected chi connectivity index (χ1v) is 11.1. The lowest BCUT2D eigenvalue weighted by Gasteiger charge is -2.23. The molecule has 0 radical (unpaired) electrons. The van der Waals surface area contributed by atoms with Crippen molar-refractivity contribution >= 4 is 32.5 Å². The van der Waals surface area contributed by atoms with Gasteiger partial charge in [-0.25, -0.2) is 9.97 Å². The molecule has 2 saturated carbocycles. The van der Waals surface area contributed by atoms with Gasteiger partial charge in [0.2, 0.25) is 0 Å². The number of carbonyl (C=O) groups excluding carboxylic acids is 1. The summed E-state index contributed by atoms with van der Waals surface area (Å²) in [5.74, 6) is 0.733. The average molecular weight is 373 g/mol. The maximum absolute atomic E-state index is 12.8. The molecule has 0 unspecified atom stereocenters. The third-order valence-corrected chi connectivity index (χ3v) is 8.65. The van der Waals surface area contributed by atoms with Gasteiger partial charge in [0.1, 0.15) is 0 Å². The Balaban J connectivity index is 1.47. The summed E-state index contributed by atoms with van der Waals surface area (Å²) in [6, 6.07) is 2.13. The summed E-state index contributed by atoms with van der Waals surface area (Å²) in [6.45, 7) is 2.23. The molecule has 2 fully saturated rings. The largest absolute Gasteiger partial charge is 0.345 e. The van der Waals surface area contributed by atoms with Gasteiger partial charge in [0.05, 0.1) is 11.7 Å². The number of hydrogen-bond donors (Lipinski definition) is 3. The highest BCUT2D eigenvalue weighted by Crippen LogP contribution is 2.42. The number of aromatic nitrogens is 4. The summed E-state index contributed by atoms with van der Waals surface area (Å²) in [6.07, 6.45) is 9.20. The lowest BCUT2D eigenvalue weighted by Crippen LogP contribution is -2.42. The second-order valence-corrected chi connectivity index (χ2v) is 10.4. The number of carbonyl (C=O) groups is 1. The summed E-state index contributed by atoms with van der Waals surface area (Å²) in [5.41, 5.74) is 4.56. The van der Waals surface area contributed by atoms with Gasteiger partial charge in [-0.1, -0.05) is 6.92 Å². The number of nitrogens with one attached hydrogen (secondary N) is 2. The molecule has 0 aliphatic heterocycles. The molecule has 3 aromatic heterocycles. The van der Waals surface area contributed by atoms with E-state index in [4.69, 9.17) is 0 Å². The number of fused-ring (bicyclic) bond motifs is 3. The Morgan fingerprint density at radius 3 is 2.92 bits per heavy atom. The smallest absolute Gasteiger partial charge is 0.195 e. The molecule has 3 atom stereocenters. The van der Waals surface area contributed by atoms with Gasteiger partial charge < -0.3 is 4.98 Å². The van der Waals surface area contributed by atoms with E-state index < -0.39 is 10.1 Å². The monoisotopic (exact) mass is 373 g/mol. The normalized spacial score (nSPS) is 27.3. The highest BCUT2D eigenvalue weighted by atomic mass is 32.3. The number of aromatic amines is 1. The first kappa shape index (κ1) is 16.1. The number of imidazole rings is 1. The van der Waals surface area contributed by atoms with Gasteiger partial charge in [-0.2, -0.15) is 0 Å². The first-order valence-electron chi connectivity index (χ1n) is 9.22. The molecule has 0 spiro atoms. The Kier molecular flexibility index (Phi) is 3.55. The van der Waals surface area contributed by atoms with E-state index in [0.717, 1.165) is 48.2 Å². The predicted octanol–water partition coefficient (Wildman–Crippen LogP) is 1.97. The molecule has 0 saturated heterocycles. The lowest BCUT2D eigenvalue weighted by atomic mass is 9.95. The number of nitrogens with zero attached hydrogens (tertiary/aromatic N) is 3. The van der Waals surface area contributed by atoms with E-state index in [9.17, 15) is 9.00 Å². The molecule has 2 N–H and O–H groups in total. The van der Waals surface area contributed by atoms with Crippen LogP contribution in [0.4, 0.5) is 0 Å². The molecule has 3 heterocycles. The van der Waals surface area contributed by atoms with Gasteiger partial charge >= 0.3 is 0 Å². The summed E-state index contributed by atoms with van der Waals surface area (Å²) < 4.78 is 18.3. The molecule has 2 aliphatic rings. The molecular weight excluding hydrogens is 350 g/mol. The van der Waals surface area contributed by atoms with Crippen LogP contribution in [0.2, 0.25) is 0 Å². The Hall–Kier alpha value is -2.06. The number of hydrogen-bond acceptors (Lipinski definition) is 4. The van der Waals surface area contributed by atoms with Crippen molar-refractivity contribution in [2.24, 2.45) is 5.92 Å². The Morgan fingerprint density at radius 1 is 1.31 bits per heavy atom. The predicted molar refractivity (Wildman–Crippen MR) is 102 cm³/mol. The molecule has 138 valence electrons.